The van der Waals surface area contributed by atoms with Gasteiger partial charge >= 0.3 is 0 Å². The quantitative estimate of drug-likeness (QED) is 0.212. The van der Waals surface area contributed by atoms with E-state index in [4.69, 9.17) is 13.9 Å². The Hall–Kier alpha value is -2.27. The SMILES string of the molecule is CN(C)Cc1ccc(CSCCNC(C[N+](=O)[O-])NCc2ccc3c(c2)OCO3)o1. The van der Waals surface area contributed by atoms with Crippen LogP contribution in [0.2, 0.25) is 0 Å². The first-order valence-electron chi connectivity index (χ1n) is 9.77. The molecule has 0 amide bonds. The van der Waals surface area contributed by atoms with Crippen molar-refractivity contribution in [2.75, 3.05) is 39.7 Å². The smallest absolute Gasteiger partial charge is 0.231 e. The molecule has 164 valence electrons. The molecule has 30 heavy (non-hydrogen) atoms. The van der Waals surface area contributed by atoms with Crippen molar-refractivity contribution in [2.45, 2.75) is 25.0 Å². The van der Waals surface area contributed by atoms with Crippen molar-refractivity contribution in [3.63, 3.8) is 0 Å². The molecular weight excluding hydrogens is 408 g/mol. The summed E-state index contributed by atoms with van der Waals surface area (Å²) in [5.74, 6) is 4.92. The second-order valence-electron chi connectivity index (χ2n) is 7.25. The molecule has 1 aromatic carbocycles. The largest absolute Gasteiger partial charge is 0.464 e. The number of ether oxygens (including phenoxy) is 2. The van der Waals surface area contributed by atoms with Gasteiger partial charge in [0.05, 0.1) is 12.3 Å². The van der Waals surface area contributed by atoms with Crippen LogP contribution >= 0.6 is 11.8 Å². The van der Waals surface area contributed by atoms with E-state index in [2.05, 4.69) is 15.5 Å². The Kier molecular flexibility index (Phi) is 8.38. The molecule has 1 atom stereocenters. The lowest BCUT2D eigenvalue weighted by molar-refractivity contribution is -0.484. The van der Waals surface area contributed by atoms with Crippen molar-refractivity contribution >= 4 is 11.8 Å². The van der Waals surface area contributed by atoms with Gasteiger partial charge in [-0.05, 0) is 43.9 Å². The second kappa shape index (κ2) is 11.2. The summed E-state index contributed by atoms with van der Waals surface area (Å²) in [6.07, 6.45) is -0.415. The lowest BCUT2D eigenvalue weighted by Crippen LogP contribution is -2.47. The van der Waals surface area contributed by atoms with Crippen LogP contribution in [-0.2, 0) is 18.8 Å². The van der Waals surface area contributed by atoms with E-state index < -0.39 is 6.17 Å². The number of fused-ring (bicyclic) bond motifs is 1. The first-order chi connectivity index (χ1) is 14.5. The molecule has 0 fully saturated rings. The molecule has 1 aliphatic rings. The third-order valence-corrected chi connectivity index (χ3v) is 5.37. The fourth-order valence-corrected chi connectivity index (χ4v) is 3.78. The van der Waals surface area contributed by atoms with Crippen molar-refractivity contribution < 1.29 is 18.8 Å². The highest BCUT2D eigenvalue weighted by atomic mass is 32.2. The monoisotopic (exact) mass is 436 g/mol. The molecule has 2 heterocycles. The summed E-state index contributed by atoms with van der Waals surface area (Å²) < 4.78 is 16.5. The molecule has 9 nitrogen and oxygen atoms in total. The highest BCUT2D eigenvalue weighted by Gasteiger charge is 2.16. The fraction of sp³-hybridized carbons (Fsp3) is 0.500. The lowest BCUT2D eigenvalue weighted by Gasteiger charge is -2.17. The summed E-state index contributed by atoms with van der Waals surface area (Å²) in [5.41, 5.74) is 0.982. The van der Waals surface area contributed by atoms with E-state index in [-0.39, 0.29) is 18.3 Å². The minimum absolute atomic E-state index is 0.193. The summed E-state index contributed by atoms with van der Waals surface area (Å²) in [5, 5.41) is 17.4. The maximum absolute atomic E-state index is 11.0. The number of hydrogen-bond donors (Lipinski definition) is 2. The third kappa shape index (κ3) is 7.21. The van der Waals surface area contributed by atoms with Crippen molar-refractivity contribution in [2.24, 2.45) is 0 Å². The zero-order chi connectivity index (χ0) is 21.3. The predicted octanol–water partition coefficient (Wildman–Crippen LogP) is 2.29. The average Bonchev–Trinajstić information content (AvgIpc) is 3.33. The Morgan fingerprint density at radius 3 is 2.77 bits per heavy atom. The van der Waals surface area contributed by atoms with E-state index in [0.717, 1.165) is 40.9 Å². The minimum Gasteiger partial charge on any atom is -0.464 e. The summed E-state index contributed by atoms with van der Waals surface area (Å²) in [7, 11) is 4.01. The van der Waals surface area contributed by atoms with Crippen molar-refractivity contribution in [1.29, 1.82) is 0 Å². The van der Waals surface area contributed by atoms with Gasteiger partial charge in [0.1, 0.15) is 17.7 Å². The molecule has 10 heteroatoms. The number of nitro groups is 1. The van der Waals surface area contributed by atoms with E-state index in [9.17, 15) is 10.1 Å². The summed E-state index contributed by atoms with van der Waals surface area (Å²) in [4.78, 5) is 12.7. The molecule has 0 spiro atoms. The van der Waals surface area contributed by atoms with Crippen molar-refractivity contribution in [3.8, 4) is 11.5 Å². The number of benzene rings is 1. The molecule has 0 saturated carbocycles. The van der Waals surface area contributed by atoms with E-state index in [0.29, 0.717) is 18.8 Å². The van der Waals surface area contributed by atoms with Crippen LogP contribution in [-0.4, -0.2) is 55.7 Å². The first-order valence-corrected chi connectivity index (χ1v) is 10.9. The Morgan fingerprint density at radius 2 is 1.97 bits per heavy atom. The topological polar surface area (TPSA) is 102 Å². The molecule has 1 unspecified atom stereocenters. The highest BCUT2D eigenvalue weighted by Crippen LogP contribution is 2.32. The summed E-state index contributed by atoms with van der Waals surface area (Å²) >= 11 is 1.73. The zero-order valence-corrected chi connectivity index (χ0v) is 18.1. The van der Waals surface area contributed by atoms with Crippen LogP contribution in [0.4, 0.5) is 0 Å². The van der Waals surface area contributed by atoms with Crippen LogP contribution in [0.1, 0.15) is 17.1 Å². The minimum atomic E-state index is -0.415. The molecule has 1 aromatic heterocycles. The van der Waals surface area contributed by atoms with Crippen LogP contribution in [0, 0.1) is 10.1 Å². The molecule has 1 aliphatic heterocycles. The first kappa shape index (κ1) is 22.4. The van der Waals surface area contributed by atoms with Gasteiger partial charge in [-0.2, -0.15) is 11.8 Å². The van der Waals surface area contributed by atoms with Gasteiger partial charge < -0.3 is 18.8 Å². The number of nitrogens with zero attached hydrogens (tertiary/aromatic N) is 2. The predicted molar refractivity (Wildman–Crippen MR) is 115 cm³/mol. The number of thioether (sulfide) groups is 1. The van der Waals surface area contributed by atoms with Gasteiger partial charge in [-0.3, -0.25) is 20.7 Å². The highest BCUT2D eigenvalue weighted by molar-refractivity contribution is 7.98. The van der Waals surface area contributed by atoms with Gasteiger partial charge in [-0.15, -0.1) is 0 Å². The van der Waals surface area contributed by atoms with Crippen molar-refractivity contribution in [3.05, 3.63) is 57.5 Å². The van der Waals surface area contributed by atoms with Gasteiger partial charge in [-0.1, -0.05) is 6.07 Å². The maximum atomic E-state index is 11.0. The van der Waals surface area contributed by atoms with E-state index in [1.807, 2.05) is 44.4 Å². The molecule has 3 rings (SSSR count). The number of furan rings is 1. The number of rotatable bonds is 13. The molecule has 2 aromatic rings. The van der Waals surface area contributed by atoms with Gasteiger partial charge in [0.15, 0.2) is 11.5 Å². The Morgan fingerprint density at radius 1 is 1.17 bits per heavy atom. The van der Waals surface area contributed by atoms with Crippen molar-refractivity contribution in [1.82, 2.24) is 15.5 Å². The lowest BCUT2D eigenvalue weighted by atomic mass is 10.2. The Labute approximate surface area is 180 Å². The van der Waals surface area contributed by atoms with Crippen LogP contribution in [0.15, 0.2) is 34.7 Å². The van der Waals surface area contributed by atoms with Crippen LogP contribution < -0.4 is 20.1 Å². The normalized spacial score (nSPS) is 13.7. The van der Waals surface area contributed by atoms with E-state index >= 15 is 0 Å². The second-order valence-corrected chi connectivity index (χ2v) is 8.35. The molecule has 0 saturated heterocycles. The molecule has 0 radical (unpaired) electrons. The molecule has 0 aliphatic carbocycles. The summed E-state index contributed by atoms with van der Waals surface area (Å²) in [6, 6.07) is 9.67. The fourth-order valence-electron chi connectivity index (χ4n) is 3.02. The standard InChI is InChI=1S/C20H28N4O5S/c1-23(2)11-16-4-5-17(29-16)13-30-8-7-21-20(12-24(25)26)22-10-15-3-6-18-19(9-15)28-14-27-18/h3-6,9,20-22H,7-8,10-14H2,1-2H3. The van der Waals surface area contributed by atoms with Gasteiger partial charge in [0.2, 0.25) is 13.3 Å². The summed E-state index contributed by atoms with van der Waals surface area (Å²) in [6.45, 7) is 1.97. The van der Waals surface area contributed by atoms with Crippen LogP contribution in [0.3, 0.4) is 0 Å². The van der Waals surface area contributed by atoms with Gasteiger partial charge in [-0.25, -0.2) is 0 Å². The number of hydrogen-bond acceptors (Lipinski definition) is 9. The number of nitrogens with one attached hydrogen (secondary N) is 2. The Balaban J connectivity index is 1.38. The van der Waals surface area contributed by atoms with Crippen LogP contribution in [0.5, 0.6) is 11.5 Å². The zero-order valence-electron chi connectivity index (χ0n) is 17.3. The Bertz CT molecular complexity index is 829. The average molecular weight is 437 g/mol. The van der Waals surface area contributed by atoms with Gasteiger partial charge in [0, 0.05) is 23.8 Å². The van der Waals surface area contributed by atoms with E-state index in [1.165, 1.54) is 0 Å². The molecule has 2 N–H and O–H groups in total. The third-order valence-electron chi connectivity index (χ3n) is 4.39. The van der Waals surface area contributed by atoms with Crippen LogP contribution in [0.25, 0.3) is 0 Å². The van der Waals surface area contributed by atoms with E-state index in [1.54, 1.807) is 11.8 Å². The maximum Gasteiger partial charge on any atom is 0.231 e. The molecule has 0 bridgehead atoms. The van der Waals surface area contributed by atoms with Gasteiger partial charge in [0.25, 0.3) is 0 Å². The molecular formula is C20H28N4O5S.